The number of nitrogens with one attached hydrogen (secondary N) is 5. The predicted octanol–water partition coefficient (Wildman–Crippen LogP) is 2.99. The van der Waals surface area contributed by atoms with Crippen molar-refractivity contribution in [2.75, 3.05) is 0 Å². The van der Waals surface area contributed by atoms with Crippen LogP contribution < -0.4 is 32.5 Å². The fourth-order valence-corrected chi connectivity index (χ4v) is 7.29. The molecule has 12 N–H and O–H groups in total. The van der Waals surface area contributed by atoms with Gasteiger partial charge in [0.1, 0.15) is 12.1 Å². The zero-order valence-corrected chi connectivity index (χ0v) is 34.2. The Hall–Kier alpha value is -4.29. The van der Waals surface area contributed by atoms with Crippen molar-refractivity contribution in [2.24, 2.45) is 5.73 Å². The highest BCUT2D eigenvalue weighted by Crippen LogP contribution is 2.60. The molecule has 0 aromatic heterocycles. The van der Waals surface area contributed by atoms with Gasteiger partial charge < -0.3 is 46.4 Å². The normalized spacial score (nSPS) is 15.9. The Morgan fingerprint density at radius 3 is 1.56 bits per heavy atom. The summed E-state index contributed by atoms with van der Waals surface area (Å²) < 4.78 is 121. The Kier molecular flexibility index (Phi) is 15.0. The zero-order chi connectivity index (χ0) is 45.9. The summed E-state index contributed by atoms with van der Waals surface area (Å²) in [5.74, 6) is -4.82. The molecule has 17 nitrogen and oxygen atoms in total. The summed E-state index contributed by atoms with van der Waals surface area (Å²) in [6, 6.07) is 5.22. The van der Waals surface area contributed by atoms with Crippen LogP contribution in [0.5, 0.6) is 0 Å². The maximum atomic E-state index is 14.4. The van der Waals surface area contributed by atoms with E-state index in [9.17, 15) is 64.1 Å². The number of primary amides is 1. The fourth-order valence-electron chi connectivity index (χ4n) is 5.78. The van der Waals surface area contributed by atoms with E-state index in [1.165, 1.54) is 12.1 Å². The number of halogens is 8. The average Bonchev–Trinajstić information content (AvgIpc) is 3.96. The molecule has 3 aromatic rings. The van der Waals surface area contributed by atoms with Crippen molar-refractivity contribution in [3.63, 3.8) is 0 Å². The van der Waals surface area contributed by atoms with Gasteiger partial charge in [0.25, 0.3) is 0 Å². The number of aliphatic carboxylic acids is 1. The second-order valence-corrected chi connectivity index (χ2v) is 17.9. The number of carbonyl (C=O) groups excluding carboxylic acids is 3. The lowest BCUT2D eigenvalue weighted by atomic mass is 10.00. The van der Waals surface area contributed by atoms with Gasteiger partial charge in [0, 0.05) is 41.4 Å². The van der Waals surface area contributed by atoms with E-state index in [4.69, 9.17) is 25.3 Å². The van der Waals surface area contributed by atoms with Crippen LogP contribution >= 0.6 is 31.1 Å². The van der Waals surface area contributed by atoms with Gasteiger partial charge in [0.05, 0.1) is 6.04 Å². The number of hydrazine groups is 1. The lowest BCUT2D eigenvalue weighted by molar-refractivity contribution is -0.165. The molecule has 4 rings (SSSR count). The first-order valence-corrected chi connectivity index (χ1v) is 21.3. The van der Waals surface area contributed by atoms with Crippen LogP contribution in [0.1, 0.15) is 46.2 Å². The largest absolute Gasteiger partial charge is 0.481 e. The van der Waals surface area contributed by atoms with Gasteiger partial charge in [-0.2, -0.15) is 30.7 Å². The molecule has 0 spiro atoms. The van der Waals surface area contributed by atoms with Gasteiger partial charge in [0.15, 0.2) is 0 Å². The summed E-state index contributed by atoms with van der Waals surface area (Å²) in [4.78, 5) is 87.8. The van der Waals surface area contributed by atoms with Crippen LogP contribution in [-0.4, -0.2) is 72.7 Å². The summed E-state index contributed by atoms with van der Waals surface area (Å²) in [6.45, 7) is -0.340. The number of rotatable bonds is 20. The molecule has 3 amide bonds. The molecule has 1 heterocycles. The average molecular weight is 980 g/mol. The van der Waals surface area contributed by atoms with E-state index in [0.717, 1.165) is 30.3 Å². The monoisotopic (exact) mass is 978 g/mol. The number of carbonyl (C=O) groups is 4. The van der Waals surface area contributed by atoms with Crippen molar-refractivity contribution in [1.82, 2.24) is 26.8 Å². The summed E-state index contributed by atoms with van der Waals surface area (Å²) >= 11 is 3.14. The number of nitrogens with two attached hydrogens (primary N) is 1. The topological polar surface area (TPSA) is 310 Å². The molecule has 27 heteroatoms. The van der Waals surface area contributed by atoms with Crippen molar-refractivity contribution in [3.8, 4) is 0 Å². The van der Waals surface area contributed by atoms with Crippen molar-refractivity contribution in [2.45, 2.75) is 73.5 Å². The first kappa shape index (κ1) is 49.4. The SMILES string of the molecule is NC(=O)[C@H](Cc1ccc(C(F)(F)P(=O)(O)O)cc1)NC(=O)[C@H](Cc1ccc(C(F)(F)P(=O)(O)O)cc1)NC(=O)[C@H](CCC(=O)O)NCc1cc(Br)cc(C2(C(F)(F)F)NN2)c1. The standard InChI is InChI=1S/C34H36BrF7N6O11P2/c35-23-12-19(11-22(15-23)31(47-48-31)34(40,41)42)16-44-24(9-10-27(49)50)29(52)46-26(14-18-3-7-21(8-4-18)33(38,39)61(57,58)59)30(53)45-25(28(43)51)13-17-1-5-20(6-2-17)32(36,37)60(54,55)56/h1-8,11-12,15,24-26,44,47-48H,9-10,13-14,16H2,(H2,43,51)(H,45,53)(H,46,52)(H,49,50)(H2,54,55,56)(H2,57,58,59)/t24-,25-,26-/m0/s1. The predicted molar refractivity (Wildman–Crippen MR) is 201 cm³/mol. The molecule has 1 saturated heterocycles. The van der Waals surface area contributed by atoms with Crippen LogP contribution in [0, 0.1) is 0 Å². The number of carboxylic acids is 1. The van der Waals surface area contributed by atoms with E-state index < -0.39 is 117 Å². The molecule has 1 aliphatic heterocycles. The van der Waals surface area contributed by atoms with Crippen LogP contribution in [0.15, 0.2) is 71.2 Å². The van der Waals surface area contributed by atoms with E-state index in [0.29, 0.717) is 24.3 Å². The van der Waals surface area contributed by atoms with Gasteiger partial charge in [0.2, 0.25) is 23.4 Å². The Morgan fingerprint density at radius 1 is 0.705 bits per heavy atom. The van der Waals surface area contributed by atoms with E-state index in [1.807, 2.05) is 0 Å². The third-order valence-corrected chi connectivity index (χ3v) is 11.7. The van der Waals surface area contributed by atoms with Crippen LogP contribution in [0.4, 0.5) is 30.7 Å². The molecular formula is C34H36BrF7N6O11P2. The molecule has 0 bridgehead atoms. The first-order chi connectivity index (χ1) is 28.0. The number of hydrogen-bond donors (Lipinski definition) is 11. The van der Waals surface area contributed by atoms with E-state index >= 15 is 0 Å². The number of hydrogen-bond acceptors (Lipinski definition) is 9. The molecule has 0 aliphatic carbocycles. The van der Waals surface area contributed by atoms with Crippen LogP contribution in [0.25, 0.3) is 0 Å². The van der Waals surface area contributed by atoms with Crippen LogP contribution in [0.2, 0.25) is 0 Å². The Balaban J connectivity index is 1.62. The van der Waals surface area contributed by atoms with Gasteiger partial charge in [-0.05, 0) is 40.8 Å². The highest BCUT2D eigenvalue weighted by atomic mass is 79.9. The number of alkyl halides is 7. The maximum absolute atomic E-state index is 14.4. The highest BCUT2D eigenvalue weighted by molar-refractivity contribution is 9.10. The summed E-state index contributed by atoms with van der Waals surface area (Å²) in [6.07, 6.45) is -6.97. The molecule has 61 heavy (non-hydrogen) atoms. The summed E-state index contributed by atoms with van der Waals surface area (Å²) in [5.41, 5.74) is -4.42. The Bertz CT molecular complexity index is 2230. The molecule has 1 aliphatic rings. The van der Waals surface area contributed by atoms with Gasteiger partial charge in [-0.15, -0.1) is 0 Å². The van der Waals surface area contributed by atoms with Crippen molar-refractivity contribution in [1.29, 1.82) is 0 Å². The van der Waals surface area contributed by atoms with E-state index in [2.05, 4.69) is 42.7 Å². The van der Waals surface area contributed by atoms with Crippen molar-refractivity contribution >= 4 is 54.8 Å². The van der Waals surface area contributed by atoms with E-state index in [1.54, 1.807) is 0 Å². The minimum atomic E-state index is -5.99. The first-order valence-electron chi connectivity index (χ1n) is 17.3. The molecular weight excluding hydrogens is 943 g/mol. The van der Waals surface area contributed by atoms with E-state index in [-0.39, 0.29) is 33.3 Å². The van der Waals surface area contributed by atoms with Gasteiger partial charge in [-0.25, -0.2) is 10.9 Å². The third kappa shape index (κ3) is 12.0. The number of carboxylic acid groups (broad SMARTS) is 1. The second-order valence-electron chi connectivity index (χ2n) is 13.7. The van der Waals surface area contributed by atoms with Crippen LogP contribution in [0.3, 0.4) is 0 Å². The Labute approximate surface area is 348 Å². The smallest absolute Gasteiger partial charge is 0.426 e. The zero-order valence-electron chi connectivity index (χ0n) is 30.8. The van der Waals surface area contributed by atoms with Crippen LogP contribution in [-0.2, 0) is 64.7 Å². The summed E-state index contributed by atoms with van der Waals surface area (Å²) in [7, 11) is -11.9. The minimum absolute atomic E-state index is 0.0134. The fraction of sp³-hybridized carbons (Fsp3) is 0.353. The van der Waals surface area contributed by atoms with Gasteiger partial charge in [-0.3, -0.25) is 28.3 Å². The minimum Gasteiger partial charge on any atom is -0.481 e. The van der Waals surface area contributed by atoms with Crippen molar-refractivity contribution in [3.05, 3.63) is 105 Å². The second kappa shape index (κ2) is 18.6. The lowest BCUT2D eigenvalue weighted by Crippen LogP contribution is -2.57. The van der Waals surface area contributed by atoms with Gasteiger partial charge in [-0.1, -0.05) is 70.5 Å². The molecule has 0 unspecified atom stereocenters. The third-order valence-electron chi connectivity index (χ3n) is 9.21. The van der Waals surface area contributed by atoms with Crippen molar-refractivity contribution < 1.29 is 83.7 Å². The molecule has 3 atom stereocenters. The molecule has 3 aromatic carbocycles. The molecule has 334 valence electrons. The quantitative estimate of drug-likeness (QED) is 0.0441. The molecule has 0 radical (unpaired) electrons. The molecule has 0 saturated carbocycles. The molecule has 1 fully saturated rings. The number of benzene rings is 3. The Morgan fingerprint density at radius 2 is 1.15 bits per heavy atom. The van der Waals surface area contributed by atoms with Gasteiger partial charge >= 0.3 is 38.7 Å². The highest BCUT2D eigenvalue weighted by Gasteiger charge is 2.65. The maximum Gasteiger partial charge on any atom is 0.426 e. The lowest BCUT2D eigenvalue weighted by Gasteiger charge is -2.25. The summed E-state index contributed by atoms with van der Waals surface area (Å²) in [5, 5.41) is 16.7. The number of amides is 3.